The summed E-state index contributed by atoms with van der Waals surface area (Å²) < 4.78 is 57.9. The largest absolute Gasteiger partial charge is 0.493 e. The number of methoxy groups -OCH3 is 2. The zero-order chi connectivity index (χ0) is 22.7. The molecule has 0 radical (unpaired) electrons. The lowest BCUT2D eigenvalue weighted by molar-refractivity contribution is -0.153. The van der Waals surface area contributed by atoms with Crippen LogP contribution in [0.15, 0.2) is 23.2 Å². The van der Waals surface area contributed by atoms with Crippen LogP contribution in [0.2, 0.25) is 0 Å². The molecule has 176 valence electrons. The number of rotatable bonds is 11. The number of halogens is 3. The van der Waals surface area contributed by atoms with E-state index in [0.29, 0.717) is 32.3 Å². The van der Waals surface area contributed by atoms with Crippen LogP contribution in [-0.4, -0.2) is 77.3 Å². The Morgan fingerprint density at radius 3 is 2.71 bits per heavy atom. The summed E-state index contributed by atoms with van der Waals surface area (Å²) >= 11 is 0. The summed E-state index contributed by atoms with van der Waals surface area (Å²) in [4.78, 5) is 6.89. The summed E-state index contributed by atoms with van der Waals surface area (Å²) in [5.41, 5.74) is 0.810. The molecule has 1 aromatic rings. The maximum atomic E-state index is 12.4. The van der Waals surface area contributed by atoms with Crippen molar-refractivity contribution in [3.05, 3.63) is 23.8 Å². The topological polar surface area (TPSA) is 64.6 Å². The molecule has 1 fully saturated rings. The maximum Gasteiger partial charge on any atom is 0.422 e. The number of nitrogens with zero attached hydrogens (tertiary/aromatic N) is 2. The number of ether oxygens (including phenoxy) is 4. The highest BCUT2D eigenvalue weighted by atomic mass is 19.4. The Kier molecular flexibility index (Phi) is 10.2. The van der Waals surface area contributed by atoms with Gasteiger partial charge in [-0.05, 0) is 31.0 Å². The summed E-state index contributed by atoms with van der Waals surface area (Å²) in [6.45, 7) is 5.35. The molecule has 1 aromatic carbocycles. The summed E-state index contributed by atoms with van der Waals surface area (Å²) in [6, 6.07) is 4.82. The van der Waals surface area contributed by atoms with Crippen LogP contribution in [0, 0.1) is 5.92 Å². The number of guanidine groups is 1. The van der Waals surface area contributed by atoms with Crippen molar-refractivity contribution >= 4 is 5.96 Å². The molecule has 0 saturated carbocycles. The number of aliphatic imine (C=N–C) groups is 1. The predicted molar refractivity (Wildman–Crippen MR) is 112 cm³/mol. The third-order valence-electron chi connectivity index (χ3n) is 4.74. The molecule has 1 aliphatic rings. The minimum atomic E-state index is -4.41. The van der Waals surface area contributed by atoms with Gasteiger partial charge in [0.25, 0.3) is 0 Å². The van der Waals surface area contributed by atoms with Gasteiger partial charge in [0.1, 0.15) is 0 Å². The van der Waals surface area contributed by atoms with E-state index in [1.807, 2.05) is 6.92 Å². The van der Waals surface area contributed by atoms with Gasteiger partial charge in [0.05, 0.1) is 33.5 Å². The van der Waals surface area contributed by atoms with Gasteiger partial charge < -0.3 is 29.2 Å². The number of benzene rings is 1. The highest BCUT2D eigenvalue weighted by Gasteiger charge is 2.29. The SMILES string of the molecule is CCNC(=NCc1ccc(OCC(F)(F)F)c(OC)c1)N1CCC(COCCOC)C1. The van der Waals surface area contributed by atoms with Crippen molar-refractivity contribution in [3.63, 3.8) is 0 Å². The van der Waals surface area contributed by atoms with Gasteiger partial charge in [-0.1, -0.05) is 6.07 Å². The highest BCUT2D eigenvalue weighted by Crippen LogP contribution is 2.30. The Balaban J connectivity index is 1.97. The third kappa shape index (κ3) is 8.82. The molecule has 1 unspecified atom stereocenters. The van der Waals surface area contributed by atoms with Crippen LogP contribution in [-0.2, 0) is 16.0 Å². The van der Waals surface area contributed by atoms with E-state index in [2.05, 4.69) is 10.2 Å². The van der Waals surface area contributed by atoms with Crippen LogP contribution in [0.5, 0.6) is 11.5 Å². The van der Waals surface area contributed by atoms with Gasteiger partial charge in [-0.3, -0.25) is 0 Å². The van der Waals surface area contributed by atoms with Crippen molar-refractivity contribution in [2.24, 2.45) is 10.9 Å². The van der Waals surface area contributed by atoms with Crippen LogP contribution >= 0.6 is 0 Å². The summed E-state index contributed by atoms with van der Waals surface area (Å²) in [6.07, 6.45) is -3.38. The fourth-order valence-corrected chi connectivity index (χ4v) is 3.23. The standard InChI is InChI=1S/C21H32F3N3O4/c1-4-25-20(27-8-7-17(13-27)14-30-10-9-28-2)26-12-16-5-6-18(19(11-16)29-3)31-15-21(22,23)24/h5-6,11,17H,4,7-10,12-15H2,1-3H3,(H,25,26). The Labute approximate surface area is 181 Å². The summed E-state index contributed by atoms with van der Waals surface area (Å²) in [7, 11) is 3.05. The van der Waals surface area contributed by atoms with Crippen molar-refractivity contribution < 1.29 is 32.1 Å². The molecule has 1 saturated heterocycles. The van der Waals surface area contributed by atoms with Crippen LogP contribution in [0.3, 0.4) is 0 Å². The third-order valence-corrected chi connectivity index (χ3v) is 4.74. The summed E-state index contributed by atoms with van der Waals surface area (Å²) in [5, 5.41) is 3.30. The second-order valence-corrected chi connectivity index (χ2v) is 7.23. The Hall–Kier alpha value is -2.20. The molecular weight excluding hydrogens is 415 g/mol. The number of hydrogen-bond acceptors (Lipinski definition) is 5. The van der Waals surface area contributed by atoms with Crippen LogP contribution in [0.25, 0.3) is 0 Å². The maximum absolute atomic E-state index is 12.4. The Morgan fingerprint density at radius 2 is 2.03 bits per heavy atom. The molecule has 1 N–H and O–H groups in total. The highest BCUT2D eigenvalue weighted by molar-refractivity contribution is 5.80. The van der Waals surface area contributed by atoms with E-state index in [-0.39, 0.29) is 11.5 Å². The second-order valence-electron chi connectivity index (χ2n) is 7.23. The molecular formula is C21H32F3N3O4. The van der Waals surface area contributed by atoms with Gasteiger partial charge >= 0.3 is 6.18 Å². The molecule has 0 aliphatic carbocycles. The molecule has 0 spiro atoms. The quantitative estimate of drug-likeness (QED) is 0.320. The van der Waals surface area contributed by atoms with E-state index >= 15 is 0 Å². The van der Waals surface area contributed by atoms with Gasteiger partial charge in [-0.2, -0.15) is 13.2 Å². The van der Waals surface area contributed by atoms with Crippen LogP contribution < -0.4 is 14.8 Å². The van der Waals surface area contributed by atoms with Crippen LogP contribution in [0.4, 0.5) is 13.2 Å². The molecule has 2 rings (SSSR count). The molecule has 1 aliphatic heterocycles. The molecule has 1 heterocycles. The van der Waals surface area contributed by atoms with Crippen molar-refractivity contribution in [1.29, 1.82) is 0 Å². The molecule has 10 heteroatoms. The van der Waals surface area contributed by atoms with Crippen molar-refractivity contribution in [2.45, 2.75) is 26.1 Å². The molecule has 31 heavy (non-hydrogen) atoms. The van der Waals surface area contributed by atoms with E-state index in [9.17, 15) is 13.2 Å². The Morgan fingerprint density at radius 1 is 1.23 bits per heavy atom. The van der Waals surface area contributed by atoms with Gasteiger partial charge in [-0.25, -0.2) is 4.99 Å². The first-order valence-corrected chi connectivity index (χ1v) is 10.3. The molecule has 0 aromatic heterocycles. The average Bonchev–Trinajstić information content (AvgIpc) is 3.21. The fourth-order valence-electron chi connectivity index (χ4n) is 3.23. The lowest BCUT2D eigenvalue weighted by atomic mass is 10.1. The van der Waals surface area contributed by atoms with Gasteiger partial charge in [0, 0.05) is 32.7 Å². The zero-order valence-corrected chi connectivity index (χ0v) is 18.3. The monoisotopic (exact) mass is 447 g/mol. The minimum absolute atomic E-state index is 0.0512. The molecule has 0 bridgehead atoms. The first-order chi connectivity index (χ1) is 14.9. The van der Waals surface area contributed by atoms with E-state index in [1.165, 1.54) is 13.2 Å². The smallest absolute Gasteiger partial charge is 0.422 e. The minimum Gasteiger partial charge on any atom is -0.493 e. The molecule has 0 amide bonds. The van der Waals surface area contributed by atoms with Crippen molar-refractivity contribution in [3.8, 4) is 11.5 Å². The normalized spacial score (nSPS) is 17.2. The van der Waals surface area contributed by atoms with Gasteiger partial charge in [-0.15, -0.1) is 0 Å². The number of alkyl halides is 3. The van der Waals surface area contributed by atoms with Crippen LogP contribution in [0.1, 0.15) is 18.9 Å². The lowest BCUT2D eigenvalue weighted by Gasteiger charge is -2.22. The zero-order valence-electron chi connectivity index (χ0n) is 18.3. The number of likely N-dealkylation sites (tertiary alicyclic amines) is 1. The van der Waals surface area contributed by atoms with Crippen molar-refractivity contribution in [2.75, 3.05) is 60.3 Å². The van der Waals surface area contributed by atoms with Gasteiger partial charge in [0.2, 0.25) is 0 Å². The molecule has 1 atom stereocenters. The fraction of sp³-hybridized carbons (Fsp3) is 0.667. The first-order valence-electron chi connectivity index (χ1n) is 10.3. The lowest BCUT2D eigenvalue weighted by Crippen LogP contribution is -2.40. The van der Waals surface area contributed by atoms with E-state index in [0.717, 1.165) is 37.6 Å². The Bertz CT molecular complexity index is 701. The molecule has 7 nitrogen and oxygen atoms in total. The number of hydrogen-bond donors (Lipinski definition) is 1. The predicted octanol–water partition coefficient (Wildman–Crippen LogP) is 3.09. The average molecular weight is 447 g/mol. The number of nitrogens with one attached hydrogen (secondary N) is 1. The van der Waals surface area contributed by atoms with Gasteiger partial charge in [0.15, 0.2) is 24.1 Å². The van der Waals surface area contributed by atoms with E-state index < -0.39 is 12.8 Å². The first kappa shape index (κ1) is 25.1. The van der Waals surface area contributed by atoms with E-state index in [1.54, 1.807) is 19.2 Å². The summed E-state index contributed by atoms with van der Waals surface area (Å²) in [5.74, 6) is 1.54. The van der Waals surface area contributed by atoms with Crippen molar-refractivity contribution in [1.82, 2.24) is 10.2 Å². The van der Waals surface area contributed by atoms with E-state index in [4.69, 9.17) is 23.9 Å². The second kappa shape index (κ2) is 12.6.